The van der Waals surface area contributed by atoms with Gasteiger partial charge in [0.15, 0.2) is 0 Å². The Bertz CT molecular complexity index is 130. The van der Waals surface area contributed by atoms with Gasteiger partial charge in [-0.3, -0.25) is 0 Å². The molecule has 0 heterocycles. The van der Waals surface area contributed by atoms with Gasteiger partial charge in [-0.05, 0) is 13.1 Å². The van der Waals surface area contributed by atoms with Crippen molar-refractivity contribution in [3.63, 3.8) is 0 Å². The van der Waals surface area contributed by atoms with Crippen molar-refractivity contribution in [2.75, 3.05) is 0 Å². The molecule has 0 radical (unpaired) electrons. The fourth-order valence-corrected chi connectivity index (χ4v) is 0.873. The van der Waals surface area contributed by atoms with Crippen molar-refractivity contribution in [3.8, 4) is 0 Å². The van der Waals surface area contributed by atoms with Gasteiger partial charge in [-0.15, -0.1) is 5.70 Å². The molecule has 0 spiro atoms. The van der Waals surface area contributed by atoms with Crippen LogP contribution in [0.3, 0.4) is 0 Å². The maximum absolute atomic E-state index is 3.80. The van der Waals surface area contributed by atoms with E-state index in [1.54, 1.807) is 0 Å². The summed E-state index contributed by atoms with van der Waals surface area (Å²) in [6, 6.07) is 0. The van der Waals surface area contributed by atoms with Gasteiger partial charge >= 0.3 is 24.3 Å². The van der Waals surface area contributed by atoms with E-state index in [0.717, 1.165) is 18.5 Å². The van der Waals surface area contributed by atoms with Crippen molar-refractivity contribution in [1.82, 2.24) is 0 Å². The minimum absolute atomic E-state index is 1.07. The van der Waals surface area contributed by atoms with Crippen LogP contribution in [0.4, 0.5) is 0 Å². The third kappa shape index (κ3) is 8.07. The van der Waals surface area contributed by atoms with E-state index in [1.165, 1.54) is 32.2 Å². The monoisotopic (exact) mass is 336 g/mol. The van der Waals surface area contributed by atoms with E-state index < -0.39 is 0 Å². The van der Waals surface area contributed by atoms with Crippen molar-refractivity contribution in [1.29, 1.82) is 0 Å². The van der Waals surface area contributed by atoms with Crippen LogP contribution in [0, 0.1) is 6.08 Å². The molecule has 0 aromatic rings. The maximum atomic E-state index is 3.80. The number of hydrogen-bond acceptors (Lipinski definition) is 1. The van der Waals surface area contributed by atoms with Gasteiger partial charge in [-0.2, -0.15) is 6.42 Å². The second-order valence-electron chi connectivity index (χ2n) is 1.99. The summed E-state index contributed by atoms with van der Waals surface area (Å²) in [6.07, 6.45) is 7.86. The van der Waals surface area contributed by atoms with Crippen LogP contribution in [-0.2, 0) is 19.4 Å². The van der Waals surface area contributed by atoms with Gasteiger partial charge in [-0.1, -0.05) is 26.7 Å². The molecule has 1 nitrogen and oxygen atoms in total. The first-order chi connectivity index (χ1) is 5.93. The van der Waals surface area contributed by atoms with E-state index in [2.05, 4.69) is 22.7 Å². The molecule has 0 aromatic carbocycles. The Kier molecular flexibility index (Phi) is 16.4. The molecule has 12 heavy (non-hydrogen) atoms. The van der Waals surface area contributed by atoms with Crippen LogP contribution in [0.15, 0.2) is 10.7 Å². The van der Waals surface area contributed by atoms with Crippen LogP contribution in [0.2, 0.25) is 0 Å². The molecule has 0 saturated heterocycles. The van der Waals surface area contributed by atoms with Crippen LogP contribution in [-0.4, -0.2) is 11.6 Å². The number of aliphatic imine (C=N–C) groups is 1. The summed E-state index contributed by atoms with van der Waals surface area (Å²) < 4.78 is 0. The average Bonchev–Trinajstić information content (AvgIpc) is 2.25. The number of hydrogen-bond donors (Lipinski definition) is 0. The zero-order chi connectivity index (χ0) is 9.82. The fourth-order valence-electron chi connectivity index (χ4n) is 0.873. The fraction of sp³-hybridized carbons (Fsp3) is 0.600. The van der Waals surface area contributed by atoms with Crippen LogP contribution < -0.4 is 0 Å². The second-order valence-corrected chi connectivity index (χ2v) is 1.99. The van der Waals surface area contributed by atoms with E-state index in [9.17, 15) is 0 Å². The first-order valence-electron chi connectivity index (χ1n) is 4.29. The van der Waals surface area contributed by atoms with Gasteiger partial charge < -0.3 is 11.1 Å². The van der Waals surface area contributed by atoms with Crippen molar-refractivity contribution in [2.45, 2.75) is 39.5 Å². The molecule has 1 rings (SSSR count). The first-order valence-corrected chi connectivity index (χ1v) is 6.36. The van der Waals surface area contributed by atoms with E-state index in [1.807, 2.05) is 13.8 Å². The summed E-state index contributed by atoms with van der Waals surface area (Å²) in [4.78, 5) is 7.14. The van der Waals surface area contributed by atoms with E-state index in [0.29, 0.717) is 0 Å². The Morgan fingerprint density at radius 3 is 2.17 bits per heavy atom. The normalized spacial score (nSPS) is 14.0. The molecule has 0 amide bonds. The van der Waals surface area contributed by atoms with Crippen molar-refractivity contribution >= 4 is 11.6 Å². The Balaban J connectivity index is 0. The molecule has 0 saturated carbocycles. The first kappa shape index (κ1) is 14.5. The summed E-state index contributed by atoms with van der Waals surface area (Å²) in [7, 11) is 0. The SMILES string of the molecule is C=NC1=[C-]CCCC1.CC.[CH2]=[W]. The van der Waals surface area contributed by atoms with Crippen LogP contribution in [0.1, 0.15) is 39.5 Å². The Morgan fingerprint density at radius 2 is 1.92 bits per heavy atom. The van der Waals surface area contributed by atoms with Gasteiger partial charge in [-0.25, -0.2) is 0 Å². The molecule has 0 bridgehead atoms. The number of nitrogens with zero attached hydrogens (tertiary/aromatic N) is 1. The molecule has 0 aromatic heterocycles. The zero-order valence-corrected chi connectivity index (χ0v) is 11.0. The molecule has 1 aliphatic carbocycles. The number of rotatable bonds is 1. The standard InChI is InChI=1S/C7H10N.C2H6.CH2.W/c1-8-7-5-3-2-4-6-7;1-2;;/h1-5H2;1-2H3;1H2;/q-1;;;. The third-order valence-corrected chi connectivity index (χ3v) is 1.36. The molecule has 1 aliphatic rings. The molecule has 2 heteroatoms. The predicted molar refractivity (Wildman–Crippen MR) is 53.2 cm³/mol. The molecule has 0 N–H and O–H groups in total. The molecular formula is C10H18NW-. The molecule has 0 fully saturated rings. The van der Waals surface area contributed by atoms with Gasteiger partial charge in [0.25, 0.3) is 0 Å². The number of allylic oxidation sites excluding steroid dienone is 2. The van der Waals surface area contributed by atoms with Crippen LogP contribution >= 0.6 is 0 Å². The van der Waals surface area contributed by atoms with E-state index >= 15 is 0 Å². The van der Waals surface area contributed by atoms with Crippen LogP contribution in [0.5, 0.6) is 0 Å². The quantitative estimate of drug-likeness (QED) is 0.516. The van der Waals surface area contributed by atoms with Crippen LogP contribution in [0.25, 0.3) is 0 Å². The Hall–Kier alpha value is -0.0317. The topological polar surface area (TPSA) is 12.4 Å². The van der Waals surface area contributed by atoms with Crippen molar-refractivity contribution in [3.05, 3.63) is 11.8 Å². The van der Waals surface area contributed by atoms with Gasteiger partial charge in [0.1, 0.15) is 0 Å². The van der Waals surface area contributed by atoms with Crippen molar-refractivity contribution < 1.29 is 19.4 Å². The van der Waals surface area contributed by atoms with Gasteiger partial charge in [0, 0.05) is 0 Å². The average molecular weight is 336 g/mol. The molecule has 0 aliphatic heterocycles. The molecule has 0 unspecified atom stereocenters. The summed E-state index contributed by atoms with van der Waals surface area (Å²) in [5.74, 6) is 0. The summed E-state index contributed by atoms with van der Waals surface area (Å²) >= 11 is 1.33. The predicted octanol–water partition coefficient (Wildman–Crippen LogP) is 2.94. The van der Waals surface area contributed by atoms with E-state index in [4.69, 9.17) is 0 Å². The van der Waals surface area contributed by atoms with Gasteiger partial charge in [0.2, 0.25) is 0 Å². The third-order valence-electron chi connectivity index (χ3n) is 1.36. The summed E-state index contributed by atoms with van der Waals surface area (Å²) in [6.45, 7) is 7.43. The van der Waals surface area contributed by atoms with Gasteiger partial charge in [0.05, 0.1) is 0 Å². The van der Waals surface area contributed by atoms with Crippen molar-refractivity contribution in [2.24, 2.45) is 4.99 Å². The summed E-state index contributed by atoms with van der Waals surface area (Å²) in [5.41, 5.74) is 1.07. The second kappa shape index (κ2) is 13.6. The summed E-state index contributed by atoms with van der Waals surface area (Å²) in [5, 5.41) is 0. The minimum atomic E-state index is 1.07. The molecule has 0 atom stereocenters. The Morgan fingerprint density at radius 1 is 1.33 bits per heavy atom. The molecular weight excluding hydrogens is 318 g/mol. The zero-order valence-electron chi connectivity index (χ0n) is 8.10. The van der Waals surface area contributed by atoms with E-state index in [-0.39, 0.29) is 0 Å². The molecule has 70 valence electrons. The Labute approximate surface area is 87.4 Å².